The van der Waals surface area contributed by atoms with Gasteiger partial charge in [0, 0.05) is 16.8 Å². The maximum absolute atomic E-state index is 3.42. The van der Waals surface area contributed by atoms with E-state index < -0.39 is 0 Å². The predicted molar refractivity (Wildman–Crippen MR) is 72.5 cm³/mol. The molecule has 1 radical (unpaired) electrons. The summed E-state index contributed by atoms with van der Waals surface area (Å²) in [6, 6.07) is 25.6. The van der Waals surface area contributed by atoms with E-state index in [0.717, 1.165) is 11.4 Å². The lowest BCUT2D eigenvalue weighted by atomic mass is 10.1. The highest BCUT2D eigenvalue weighted by atomic mass is 14.9. The molecular weight excluding hydrogens is 206 g/mol. The molecule has 0 bridgehead atoms. The molecule has 0 fully saturated rings. The fraction of sp³-hybridized carbons (Fsp3) is 0. The second-order valence-electron chi connectivity index (χ2n) is 3.94. The molecule has 3 aromatic rings. The van der Waals surface area contributed by atoms with Crippen molar-refractivity contribution in [3.8, 4) is 0 Å². The van der Waals surface area contributed by atoms with Gasteiger partial charge in [0.25, 0.3) is 0 Å². The first kappa shape index (κ1) is 9.91. The van der Waals surface area contributed by atoms with Crippen molar-refractivity contribution in [2.75, 3.05) is 5.32 Å². The zero-order valence-electron chi connectivity index (χ0n) is 9.35. The molecule has 1 N–H and O–H groups in total. The van der Waals surface area contributed by atoms with Crippen molar-refractivity contribution in [1.29, 1.82) is 0 Å². The Morgan fingerprint density at radius 3 is 2.59 bits per heavy atom. The summed E-state index contributed by atoms with van der Waals surface area (Å²) < 4.78 is 0. The largest absolute Gasteiger partial charge is 0.355 e. The molecule has 0 unspecified atom stereocenters. The molecule has 0 spiro atoms. The molecule has 0 amide bonds. The summed E-state index contributed by atoms with van der Waals surface area (Å²) >= 11 is 0. The van der Waals surface area contributed by atoms with E-state index in [1.54, 1.807) is 0 Å². The molecule has 1 heteroatoms. The lowest BCUT2D eigenvalue weighted by Gasteiger charge is -2.09. The first-order valence-corrected chi connectivity index (χ1v) is 5.64. The monoisotopic (exact) mass is 218 g/mol. The van der Waals surface area contributed by atoms with E-state index in [1.165, 1.54) is 10.8 Å². The number of rotatable bonds is 2. The third-order valence-corrected chi connectivity index (χ3v) is 2.78. The molecule has 0 atom stereocenters. The molecule has 0 saturated heterocycles. The Morgan fingerprint density at radius 2 is 1.71 bits per heavy atom. The van der Waals surface area contributed by atoms with Gasteiger partial charge in [-0.2, -0.15) is 0 Å². The average Bonchev–Trinajstić information content (AvgIpc) is 2.40. The Bertz CT molecular complexity index is 624. The number of hydrogen-bond acceptors (Lipinski definition) is 1. The van der Waals surface area contributed by atoms with Crippen molar-refractivity contribution in [2.45, 2.75) is 0 Å². The highest BCUT2D eigenvalue weighted by Crippen LogP contribution is 2.25. The Morgan fingerprint density at radius 1 is 0.824 bits per heavy atom. The molecule has 0 aliphatic heterocycles. The Kier molecular flexibility index (Phi) is 2.51. The number of anilines is 2. The highest BCUT2D eigenvalue weighted by Gasteiger charge is 1.99. The Labute approximate surface area is 101 Å². The number of hydrogen-bond donors (Lipinski definition) is 1. The minimum absolute atomic E-state index is 1.06. The van der Waals surface area contributed by atoms with Crippen LogP contribution in [-0.4, -0.2) is 0 Å². The maximum atomic E-state index is 3.42. The highest BCUT2D eigenvalue weighted by molar-refractivity contribution is 5.95. The topological polar surface area (TPSA) is 12.0 Å². The molecule has 0 aliphatic carbocycles. The molecule has 81 valence electrons. The summed E-state index contributed by atoms with van der Waals surface area (Å²) in [6.45, 7) is 0. The number of nitrogens with one attached hydrogen (secondary N) is 1. The zero-order chi connectivity index (χ0) is 11.5. The summed E-state index contributed by atoms with van der Waals surface area (Å²) in [7, 11) is 0. The molecule has 0 saturated carbocycles. The van der Waals surface area contributed by atoms with E-state index >= 15 is 0 Å². The average molecular weight is 218 g/mol. The number of benzene rings is 3. The normalized spacial score (nSPS) is 10.4. The Balaban J connectivity index is 2.06. The second-order valence-corrected chi connectivity index (χ2v) is 3.94. The first-order chi connectivity index (χ1) is 8.43. The van der Waals surface area contributed by atoms with E-state index in [1.807, 2.05) is 24.3 Å². The zero-order valence-corrected chi connectivity index (χ0v) is 9.35. The van der Waals surface area contributed by atoms with E-state index in [4.69, 9.17) is 0 Å². The molecular formula is C16H12N. The van der Waals surface area contributed by atoms with Crippen LogP contribution in [0.2, 0.25) is 0 Å². The minimum Gasteiger partial charge on any atom is -0.355 e. The van der Waals surface area contributed by atoms with Gasteiger partial charge in [-0.25, -0.2) is 0 Å². The molecule has 3 rings (SSSR count). The molecule has 17 heavy (non-hydrogen) atoms. The van der Waals surface area contributed by atoms with Crippen LogP contribution in [0.3, 0.4) is 0 Å². The summed E-state index contributed by atoms with van der Waals surface area (Å²) in [5.74, 6) is 0. The number of fused-ring (bicyclic) bond motifs is 1. The molecule has 0 aromatic heterocycles. The van der Waals surface area contributed by atoms with Crippen LogP contribution in [0.1, 0.15) is 0 Å². The van der Waals surface area contributed by atoms with E-state index in [2.05, 4.69) is 53.8 Å². The summed E-state index contributed by atoms with van der Waals surface area (Å²) in [5.41, 5.74) is 2.19. The van der Waals surface area contributed by atoms with Crippen LogP contribution >= 0.6 is 0 Å². The third kappa shape index (κ3) is 2.00. The van der Waals surface area contributed by atoms with E-state index in [9.17, 15) is 0 Å². The van der Waals surface area contributed by atoms with Crippen LogP contribution < -0.4 is 5.32 Å². The van der Waals surface area contributed by atoms with Crippen LogP contribution in [0, 0.1) is 6.07 Å². The predicted octanol–water partition coefficient (Wildman–Crippen LogP) is 4.38. The van der Waals surface area contributed by atoms with Gasteiger partial charge >= 0.3 is 0 Å². The van der Waals surface area contributed by atoms with E-state index in [-0.39, 0.29) is 0 Å². The van der Waals surface area contributed by atoms with Crippen LogP contribution in [0.25, 0.3) is 10.8 Å². The standard InChI is InChI=1S/C16H12N/c1-2-9-14(10-3-1)17-16-12-6-8-13-7-4-5-11-15(13)16/h1-2,4-12,17H. The van der Waals surface area contributed by atoms with Gasteiger partial charge < -0.3 is 5.32 Å². The maximum Gasteiger partial charge on any atom is 0.0463 e. The lowest BCUT2D eigenvalue weighted by Crippen LogP contribution is -1.90. The van der Waals surface area contributed by atoms with Gasteiger partial charge in [-0.3, -0.25) is 0 Å². The van der Waals surface area contributed by atoms with Crippen LogP contribution in [0.4, 0.5) is 11.4 Å². The van der Waals surface area contributed by atoms with E-state index in [0.29, 0.717) is 0 Å². The van der Waals surface area contributed by atoms with Gasteiger partial charge in [-0.15, -0.1) is 0 Å². The van der Waals surface area contributed by atoms with Crippen LogP contribution in [0.5, 0.6) is 0 Å². The van der Waals surface area contributed by atoms with Crippen LogP contribution in [-0.2, 0) is 0 Å². The SMILES string of the molecule is [c]1cccc(Nc2cccc3ccccc23)c1. The molecule has 1 nitrogen and oxygen atoms in total. The van der Waals surface area contributed by atoms with Crippen molar-refractivity contribution < 1.29 is 0 Å². The van der Waals surface area contributed by atoms with Gasteiger partial charge in [0.2, 0.25) is 0 Å². The van der Waals surface area contributed by atoms with Gasteiger partial charge in [-0.1, -0.05) is 48.5 Å². The fourth-order valence-corrected chi connectivity index (χ4v) is 1.96. The van der Waals surface area contributed by atoms with Crippen molar-refractivity contribution in [1.82, 2.24) is 0 Å². The van der Waals surface area contributed by atoms with Gasteiger partial charge in [0.15, 0.2) is 0 Å². The quantitative estimate of drug-likeness (QED) is 0.673. The van der Waals surface area contributed by atoms with Crippen molar-refractivity contribution in [3.63, 3.8) is 0 Å². The fourth-order valence-electron chi connectivity index (χ4n) is 1.96. The molecule has 0 heterocycles. The van der Waals surface area contributed by atoms with Crippen molar-refractivity contribution >= 4 is 22.1 Å². The molecule has 3 aromatic carbocycles. The summed E-state index contributed by atoms with van der Waals surface area (Å²) in [4.78, 5) is 0. The summed E-state index contributed by atoms with van der Waals surface area (Å²) in [5, 5.41) is 5.90. The lowest BCUT2D eigenvalue weighted by molar-refractivity contribution is 1.57. The third-order valence-electron chi connectivity index (χ3n) is 2.78. The minimum atomic E-state index is 1.06. The van der Waals surface area contributed by atoms with Gasteiger partial charge in [0.05, 0.1) is 0 Å². The van der Waals surface area contributed by atoms with Crippen LogP contribution in [0.15, 0.2) is 66.7 Å². The van der Waals surface area contributed by atoms with Crippen molar-refractivity contribution in [3.05, 3.63) is 72.8 Å². The molecule has 0 aliphatic rings. The second kappa shape index (κ2) is 4.30. The first-order valence-electron chi connectivity index (χ1n) is 5.64. The Hall–Kier alpha value is -2.28. The van der Waals surface area contributed by atoms with Gasteiger partial charge in [0.1, 0.15) is 0 Å². The summed E-state index contributed by atoms with van der Waals surface area (Å²) in [6.07, 6.45) is 0. The van der Waals surface area contributed by atoms with Gasteiger partial charge in [-0.05, 0) is 29.7 Å². The van der Waals surface area contributed by atoms with Crippen molar-refractivity contribution in [2.24, 2.45) is 0 Å². The smallest absolute Gasteiger partial charge is 0.0463 e.